The predicted molar refractivity (Wildman–Crippen MR) is 56.6 cm³/mol. The van der Waals surface area contributed by atoms with Crippen molar-refractivity contribution in [3.8, 4) is 0 Å². The summed E-state index contributed by atoms with van der Waals surface area (Å²) in [7, 11) is 4.23. The number of oxime groups is 1. The minimum Gasteiger partial charge on any atom is -0.409 e. The van der Waals surface area contributed by atoms with E-state index in [4.69, 9.17) is 10.9 Å². The van der Waals surface area contributed by atoms with Gasteiger partial charge >= 0.3 is 0 Å². The van der Waals surface area contributed by atoms with E-state index in [9.17, 15) is 0 Å². The van der Waals surface area contributed by atoms with E-state index in [0.29, 0.717) is 18.4 Å². The number of nitrogens with two attached hydrogens (primary N) is 1. The predicted octanol–water partition coefficient (Wildman–Crippen LogP) is -0.241. The highest BCUT2D eigenvalue weighted by molar-refractivity contribution is 5.81. The van der Waals surface area contributed by atoms with Crippen LogP contribution in [0.25, 0.3) is 0 Å². The Morgan fingerprint density at radius 3 is 2.50 bits per heavy atom. The van der Waals surface area contributed by atoms with Crippen LogP contribution in [0.5, 0.6) is 0 Å². The van der Waals surface area contributed by atoms with Crippen LogP contribution >= 0.6 is 0 Å². The fraction of sp³-hybridized carbons (Fsp3) is 0.889. The molecule has 0 aromatic rings. The summed E-state index contributed by atoms with van der Waals surface area (Å²) in [4.78, 5) is 4.48. The van der Waals surface area contributed by atoms with Crippen molar-refractivity contribution in [1.82, 2.24) is 9.80 Å². The van der Waals surface area contributed by atoms with Crippen LogP contribution in [-0.4, -0.2) is 60.6 Å². The lowest BCUT2D eigenvalue weighted by atomic mass is 10.0. The Bertz CT molecular complexity index is 197. The van der Waals surface area contributed by atoms with Gasteiger partial charge in [0.05, 0.1) is 6.54 Å². The third-order valence-electron chi connectivity index (χ3n) is 2.80. The van der Waals surface area contributed by atoms with Gasteiger partial charge in [0, 0.05) is 19.1 Å². The van der Waals surface area contributed by atoms with E-state index in [2.05, 4.69) is 29.1 Å². The third kappa shape index (κ3) is 3.16. The molecule has 14 heavy (non-hydrogen) atoms. The molecule has 0 spiro atoms. The Hall–Kier alpha value is -0.810. The van der Waals surface area contributed by atoms with Crippen molar-refractivity contribution in [2.75, 3.05) is 33.7 Å². The number of rotatable bonds is 3. The molecule has 0 amide bonds. The highest BCUT2D eigenvalue weighted by Crippen LogP contribution is 2.13. The Kier molecular flexibility index (Phi) is 4.16. The zero-order chi connectivity index (χ0) is 10.6. The lowest BCUT2D eigenvalue weighted by molar-refractivity contribution is 0.157. The molecule has 1 heterocycles. The summed E-state index contributed by atoms with van der Waals surface area (Å²) in [6.07, 6.45) is 2.32. The van der Waals surface area contributed by atoms with Gasteiger partial charge in [-0.05, 0) is 26.9 Å². The maximum absolute atomic E-state index is 8.43. The molecule has 5 heteroatoms. The van der Waals surface area contributed by atoms with Crippen LogP contribution in [0.15, 0.2) is 5.16 Å². The van der Waals surface area contributed by atoms with Crippen molar-refractivity contribution in [3.63, 3.8) is 0 Å². The monoisotopic (exact) mass is 200 g/mol. The van der Waals surface area contributed by atoms with Gasteiger partial charge in [0.25, 0.3) is 0 Å². The molecule has 1 aliphatic rings. The largest absolute Gasteiger partial charge is 0.409 e. The van der Waals surface area contributed by atoms with Gasteiger partial charge < -0.3 is 15.8 Å². The van der Waals surface area contributed by atoms with Gasteiger partial charge in [-0.3, -0.25) is 4.90 Å². The lowest BCUT2D eigenvalue weighted by Gasteiger charge is -2.34. The molecule has 1 rings (SSSR count). The molecular weight excluding hydrogens is 180 g/mol. The summed E-state index contributed by atoms with van der Waals surface area (Å²) in [5.41, 5.74) is 5.45. The molecule has 1 aliphatic heterocycles. The molecule has 82 valence electrons. The molecule has 5 nitrogen and oxygen atoms in total. The molecule has 0 aromatic carbocycles. The van der Waals surface area contributed by atoms with Gasteiger partial charge in [0.1, 0.15) is 0 Å². The van der Waals surface area contributed by atoms with Crippen molar-refractivity contribution in [2.45, 2.75) is 18.9 Å². The van der Waals surface area contributed by atoms with Crippen molar-refractivity contribution in [3.05, 3.63) is 0 Å². The number of hydrogen-bond acceptors (Lipinski definition) is 4. The summed E-state index contributed by atoms with van der Waals surface area (Å²) in [5, 5.41) is 11.4. The molecular formula is C9H20N4O. The summed E-state index contributed by atoms with van der Waals surface area (Å²) >= 11 is 0. The maximum Gasteiger partial charge on any atom is 0.153 e. The first kappa shape index (κ1) is 11.3. The Balaban J connectivity index is 2.29. The minimum absolute atomic E-state index is 0.299. The molecule has 0 radical (unpaired) electrons. The first-order chi connectivity index (χ1) is 6.63. The van der Waals surface area contributed by atoms with Gasteiger partial charge in [-0.1, -0.05) is 5.16 Å². The van der Waals surface area contributed by atoms with Crippen LogP contribution in [0, 0.1) is 0 Å². The fourth-order valence-electron chi connectivity index (χ4n) is 1.85. The van der Waals surface area contributed by atoms with E-state index in [1.54, 1.807) is 0 Å². The zero-order valence-corrected chi connectivity index (χ0v) is 8.98. The fourth-order valence-corrected chi connectivity index (χ4v) is 1.85. The number of piperidine rings is 1. The van der Waals surface area contributed by atoms with Crippen LogP contribution in [0.4, 0.5) is 0 Å². The summed E-state index contributed by atoms with van der Waals surface area (Å²) in [6.45, 7) is 2.63. The second-order valence-electron chi connectivity index (χ2n) is 4.06. The first-order valence-corrected chi connectivity index (χ1v) is 4.98. The molecule has 0 unspecified atom stereocenters. The van der Waals surface area contributed by atoms with E-state index in [1.807, 2.05) is 0 Å². The second kappa shape index (κ2) is 5.17. The standard InChI is InChI=1S/C9H20N4O/c1-12(2)8-3-5-13(6-4-8)7-9(10)11-14/h8,14H,3-7H2,1-2H3,(H2,10,11). The summed E-state index contributed by atoms with van der Waals surface area (Å²) < 4.78 is 0. The van der Waals surface area contributed by atoms with E-state index < -0.39 is 0 Å². The normalized spacial score (nSPS) is 21.8. The Morgan fingerprint density at radius 1 is 1.50 bits per heavy atom. The Morgan fingerprint density at radius 2 is 2.07 bits per heavy atom. The van der Waals surface area contributed by atoms with Gasteiger partial charge in [-0.15, -0.1) is 0 Å². The van der Waals surface area contributed by atoms with E-state index in [-0.39, 0.29) is 0 Å². The lowest BCUT2D eigenvalue weighted by Crippen LogP contribution is -2.44. The van der Waals surface area contributed by atoms with Crippen LogP contribution in [0.1, 0.15) is 12.8 Å². The maximum atomic E-state index is 8.43. The molecule has 3 N–H and O–H groups in total. The molecule has 0 aromatic heterocycles. The minimum atomic E-state index is 0.299. The van der Waals surface area contributed by atoms with Gasteiger partial charge in [0.15, 0.2) is 5.84 Å². The van der Waals surface area contributed by atoms with E-state index >= 15 is 0 Å². The van der Waals surface area contributed by atoms with Crippen molar-refractivity contribution >= 4 is 5.84 Å². The average Bonchev–Trinajstić information content (AvgIpc) is 2.18. The molecule has 0 aliphatic carbocycles. The van der Waals surface area contributed by atoms with Crippen molar-refractivity contribution in [2.24, 2.45) is 10.9 Å². The molecule has 0 bridgehead atoms. The quantitative estimate of drug-likeness (QED) is 0.285. The van der Waals surface area contributed by atoms with E-state index in [0.717, 1.165) is 25.9 Å². The van der Waals surface area contributed by atoms with Gasteiger partial charge in [0.2, 0.25) is 0 Å². The van der Waals surface area contributed by atoms with Gasteiger partial charge in [-0.25, -0.2) is 0 Å². The van der Waals surface area contributed by atoms with Crippen LogP contribution < -0.4 is 5.73 Å². The smallest absolute Gasteiger partial charge is 0.153 e. The number of likely N-dealkylation sites (tertiary alicyclic amines) is 1. The summed E-state index contributed by atoms with van der Waals surface area (Å²) in [6, 6.07) is 0.679. The van der Waals surface area contributed by atoms with Crippen molar-refractivity contribution in [1.29, 1.82) is 0 Å². The highest BCUT2D eigenvalue weighted by atomic mass is 16.4. The SMILES string of the molecule is CN(C)C1CCN(C/C(N)=N/O)CC1. The van der Waals surface area contributed by atoms with Gasteiger partial charge in [-0.2, -0.15) is 0 Å². The second-order valence-corrected chi connectivity index (χ2v) is 4.06. The topological polar surface area (TPSA) is 65.1 Å². The highest BCUT2D eigenvalue weighted by Gasteiger charge is 2.20. The first-order valence-electron chi connectivity index (χ1n) is 4.98. The molecule has 0 saturated carbocycles. The Labute approximate surface area is 85.2 Å². The molecule has 1 saturated heterocycles. The van der Waals surface area contributed by atoms with Crippen LogP contribution in [-0.2, 0) is 0 Å². The van der Waals surface area contributed by atoms with E-state index in [1.165, 1.54) is 0 Å². The number of nitrogens with zero attached hydrogens (tertiary/aromatic N) is 3. The average molecular weight is 200 g/mol. The third-order valence-corrected chi connectivity index (χ3v) is 2.80. The van der Waals surface area contributed by atoms with Crippen LogP contribution in [0.3, 0.4) is 0 Å². The number of amidine groups is 1. The molecule has 1 fully saturated rings. The summed E-state index contributed by atoms with van der Waals surface area (Å²) in [5.74, 6) is 0.299. The molecule has 0 atom stereocenters. The van der Waals surface area contributed by atoms with Crippen molar-refractivity contribution < 1.29 is 5.21 Å². The number of hydrogen-bond donors (Lipinski definition) is 2. The van der Waals surface area contributed by atoms with Crippen LogP contribution in [0.2, 0.25) is 0 Å². The zero-order valence-electron chi connectivity index (χ0n) is 8.98.